The van der Waals surface area contributed by atoms with Crippen LogP contribution in [0.5, 0.6) is 0 Å². The van der Waals surface area contributed by atoms with Crippen molar-refractivity contribution in [2.45, 2.75) is 18.9 Å². The predicted octanol–water partition coefficient (Wildman–Crippen LogP) is 4.27. The third-order valence-corrected chi connectivity index (χ3v) is 5.18. The number of carbonyl (C=O) groups excluding carboxylic acids is 1. The molecular weight excluding hydrogens is 292 g/mol. The molecule has 1 aromatic carbocycles. The SMILES string of the molecule is O=C(c1ccc2ccccc2n1)N1CCC[C@H]1c1cccs1. The lowest BCUT2D eigenvalue weighted by atomic mass is 10.1. The van der Waals surface area contributed by atoms with Crippen LogP contribution >= 0.6 is 11.3 Å². The molecule has 0 radical (unpaired) electrons. The van der Waals surface area contributed by atoms with Gasteiger partial charge in [-0.05, 0) is 36.4 Å². The van der Waals surface area contributed by atoms with E-state index in [9.17, 15) is 4.79 Å². The molecule has 1 saturated heterocycles. The standard InChI is InChI=1S/C18H16N2OS/c21-18(15-10-9-13-5-1-2-6-14(13)19-15)20-11-3-7-16(20)17-8-4-12-22-17/h1-2,4-6,8-10,12,16H,3,7,11H2/t16-/m0/s1. The number of pyridine rings is 1. The number of nitrogens with zero attached hydrogens (tertiary/aromatic N) is 2. The predicted molar refractivity (Wildman–Crippen MR) is 89.1 cm³/mol. The molecule has 3 aromatic rings. The fraction of sp³-hybridized carbons (Fsp3) is 0.222. The highest BCUT2D eigenvalue weighted by molar-refractivity contribution is 7.10. The van der Waals surface area contributed by atoms with Crippen LogP contribution in [0.2, 0.25) is 0 Å². The third-order valence-electron chi connectivity index (χ3n) is 4.20. The largest absolute Gasteiger partial charge is 0.329 e. The molecule has 0 bridgehead atoms. The summed E-state index contributed by atoms with van der Waals surface area (Å²) in [5, 5.41) is 3.14. The average molecular weight is 308 g/mol. The molecule has 0 N–H and O–H groups in total. The minimum absolute atomic E-state index is 0.0432. The van der Waals surface area contributed by atoms with E-state index in [2.05, 4.69) is 22.5 Å². The van der Waals surface area contributed by atoms with Gasteiger partial charge in [0.1, 0.15) is 5.69 Å². The zero-order valence-corrected chi connectivity index (χ0v) is 12.9. The Bertz CT molecular complexity index is 813. The second-order valence-corrected chi connectivity index (χ2v) is 6.54. The van der Waals surface area contributed by atoms with Gasteiger partial charge >= 0.3 is 0 Å². The maximum absolute atomic E-state index is 12.9. The van der Waals surface area contributed by atoms with Crippen molar-refractivity contribution in [1.29, 1.82) is 0 Å². The first kappa shape index (κ1) is 13.5. The Morgan fingerprint density at radius 3 is 2.91 bits per heavy atom. The Hall–Kier alpha value is -2.20. The van der Waals surface area contributed by atoms with Crippen LogP contribution in [0.15, 0.2) is 53.9 Å². The smallest absolute Gasteiger partial charge is 0.273 e. The molecule has 0 aliphatic carbocycles. The number of fused-ring (bicyclic) bond motifs is 1. The van der Waals surface area contributed by atoms with Crippen LogP contribution in [0.3, 0.4) is 0 Å². The van der Waals surface area contributed by atoms with Crippen LogP contribution < -0.4 is 0 Å². The van der Waals surface area contributed by atoms with E-state index in [1.54, 1.807) is 11.3 Å². The van der Waals surface area contributed by atoms with Gasteiger partial charge in [0.25, 0.3) is 5.91 Å². The fourth-order valence-electron chi connectivity index (χ4n) is 3.12. The molecule has 4 rings (SSSR count). The summed E-state index contributed by atoms with van der Waals surface area (Å²) in [6.45, 7) is 0.815. The lowest BCUT2D eigenvalue weighted by molar-refractivity contribution is 0.0732. The van der Waals surface area contributed by atoms with Crippen LogP contribution in [0.4, 0.5) is 0 Å². The summed E-state index contributed by atoms with van der Waals surface area (Å²) in [7, 11) is 0. The molecule has 1 fully saturated rings. The topological polar surface area (TPSA) is 33.2 Å². The number of amides is 1. The summed E-state index contributed by atoms with van der Waals surface area (Å²) in [6, 6.07) is 16.1. The first-order valence-electron chi connectivity index (χ1n) is 7.53. The van der Waals surface area contributed by atoms with Gasteiger partial charge in [-0.2, -0.15) is 0 Å². The summed E-state index contributed by atoms with van der Waals surface area (Å²) in [5.74, 6) is 0.0432. The fourth-order valence-corrected chi connectivity index (χ4v) is 3.99. The summed E-state index contributed by atoms with van der Waals surface area (Å²) in [5.41, 5.74) is 1.42. The molecule has 1 atom stereocenters. The monoisotopic (exact) mass is 308 g/mol. The van der Waals surface area contributed by atoms with Gasteiger partial charge < -0.3 is 4.90 Å². The van der Waals surface area contributed by atoms with Gasteiger partial charge in [0, 0.05) is 16.8 Å². The Morgan fingerprint density at radius 2 is 2.05 bits per heavy atom. The van der Waals surface area contributed by atoms with Crippen molar-refractivity contribution < 1.29 is 4.79 Å². The van der Waals surface area contributed by atoms with E-state index in [-0.39, 0.29) is 11.9 Å². The van der Waals surface area contributed by atoms with Crippen molar-refractivity contribution in [1.82, 2.24) is 9.88 Å². The number of para-hydroxylation sites is 1. The summed E-state index contributed by atoms with van der Waals surface area (Å²) in [6.07, 6.45) is 2.10. The summed E-state index contributed by atoms with van der Waals surface area (Å²) in [4.78, 5) is 20.7. The minimum atomic E-state index is 0.0432. The lowest BCUT2D eigenvalue weighted by Gasteiger charge is -2.23. The van der Waals surface area contributed by atoms with Crippen molar-refractivity contribution in [2.75, 3.05) is 6.54 Å². The van der Waals surface area contributed by atoms with E-state index in [0.717, 1.165) is 30.3 Å². The normalized spacial score (nSPS) is 18.0. The molecule has 3 heterocycles. The zero-order valence-electron chi connectivity index (χ0n) is 12.1. The molecule has 1 aliphatic rings. The Labute approximate surface area is 133 Å². The maximum atomic E-state index is 12.9. The van der Waals surface area contributed by atoms with Crippen molar-refractivity contribution in [3.63, 3.8) is 0 Å². The number of thiophene rings is 1. The van der Waals surface area contributed by atoms with Crippen LogP contribution in [0.1, 0.15) is 34.2 Å². The number of rotatable bonds is 2. The second kappa shape index (κ2) is 5.54. The minimum Gasteiger partial charge on any atom is -0.329 e. The summed E-state index contributed by atoms with van der Waals surface area (Å²) < 4.78 is 0. The molecule has 22 heavy (non-hydrogen) atoms. The molecule has 0 spiro atoms. The van der Waals surface area contributed by atoms with Gasteiger partial charge in [-0.15, -0.1) is 11.3 Å². The maximum Gasteiger partial charge on any atom is 0.273 e. The van der Waals surface area contributed by atoms with Gasteiger partial charge in [-0.1, -0.05) is 30.3 Å². The molecule has 4 heteroatoms. The van der Waals surface area contributed by atoms with Crippen LogP contribution in [-0.2, 0) is 0 Å². The van der Waals surface area contributed by atoms with Gasteiger partial charge in [-0.25, -0.2) is 4.98 Å². The van der Waals surface area contributed by atoms with E-state index < -0.39 is 0 Å². The zero-order chi connectivity index (χ0) is 14.9. The quantitative estimate of drug-likeness (QED) is 0.708. The van der Waals surface area contributed by atoms with Gasteiger partial charge in [0.15, 0.2) is 0 Å². The van der Waals surface area contributed by atoms with E-state index in [1.165, 1.54) is 4.88 Å². The van der Waals surface area contributed by atoms with Gasteiger partial charge in [0.2, 0.25) is 0 Å². The highest BCUT2D eigenvalue weighted by Gasteiger charge is 2.31. The van der Waals surface area contributed by atoms with Crippen molar-refractivity contribution in [3.8, 4) is 0 Å². The third kappa shape index (κ3) is 2.29. The van der Waals surface area contributed by atoms with E-state index in [0.29, 0.717) is 5.69 Å². The molecule has 2 aromatic heterocycles. The average Bonchev–Trinajstić information content (AvgIpc) is 3.24. The molecule has 1 amide bonds. The number of benzene rings is 1. The first-order chi connectivity index (χ1) is 10.8. The highest BCUT2D eigenvalue weighted by atomic mass is 32.1. The molecule has 1 aliphatic heterocycles. The van der Waals surface area contributed by atoms with Crippen molar-refractivity contribution >= 4 is 28.1 Å². The first-order valence-corrected chi connectivity index (χ1v) is 8.41. The number of carbonyl (C=O) groups is 1. The molecule has 3 nitrogen and oxygen atoms in total. The second-order valence-electron chi connectivity index (χ2n) is 5.56. The van der Waals surface area contributed by atoms with Crippen molar-refractivity contribution in [2.24, 2.45) is 0 Å². The molecular formula is C18H16N2OS. The number of hydrogen-bond donors (Lipinski definition) is 0. The van der Waals surface area contributed by atoms with Crippen LogP contribution in [0.25, 0.3) is 10.9 Å². The van der Waals surface area contributed by atoms with E-state index >= 15 is 0 Å². The Balaban J connectivity index is 1.67. The number of likely N-dealkylation sites (tertiary alicyclic amines) is 1. The molecule has 0 saturated carbocycles. The van der Waals surface area contributed by atoms with Crippen LogP contribution in [-0.4, -0.2) is 22.3 Å². The Morgan fingerprint density at radius 1 is 1.14 bits per heavy atom. The lowest BCUT2D eigenvalue weighted by Crippen LogP contribution is -2.30. The summed E-state index contributed by atoms with van der Waals surface area (Å²) >= 11 is 1.72. The molecule has 110 valence electrons. The number of aromatic nitrogens is 1. The Kier molecular flexibility index (Phi) is 3.39. The highest BCUT2D eigenvalue weighted by Crippen LogP contribution is 2.35. The number of hydrogen-bond acceptors (Lipinski definition) is 3. The van der Waals surface area contributed by atoms with E-state index in [1.807, 2.05) is 41.3 Å². The van der Waals surface area contributed by atoms with Gasteiger partial charge in [-0.3, -0.25) is 4.79 Å². The van der Waals surface area contributed by atoms with Crippen molar-refractivity contribution in [3.05, 3.63) is 64.5 Å². The molecule has 0 unspecified atom stereocenters. The van der Waals surface area contributed by atoms with Crippen LogP contribution in [0, 0.1) is 0 Å². The van der Waals surface area contributed by atoms with E-state index in [4.69, 9.17) is 0 Å². The van der Waals surface area contributed by atoms with Gasteiger partial charge in [0.05, 0.1) is 11.6 Å².